The molecule has 0 amide bonds. The lowest BCUT2D eigenvalue weighted by Crippen LogP contribution is -2.21. The molecule has 1 aliphatic rings. The standard InChI is InChI=1S/C25H24BrNO2/c1-17-4-2-3-5-22(17)23(19-8-11-21(26)12-9-19)14-24(28)20-10-13-25(29)27(16-20)15-18-6-7-18/h2-5,8-13,16,18,23H,6-7,14-15H2,1H3. The second kappa shape index (κ2) is 8.50. The van der Waals surface area contributed by atoms with Crippen LogP contribution in [-0.4, -0.2) is 10.4 Å². The van der Waals surface area contributed by atoms with Crippen LogP contribution in [0, 0.1) is 12.8 Å². The fourth-order valence-corrected chi connectivity index (χ4v) is 4.07. The lowest BCUT2D eigenvalue weighted by Gasteiger charge is -2.20. The average Bonchev–Trinajstić information content (AvgIpc) is 3.53. The van der Waals surface area contributed by atoms with E-state index in [1.807, 2.05) is 24.3 Å². The molecule has 1 atom stereocenters. The highest BCUT2D eigenvalue weighted by molar-refractivity contribution is 9.10. The summed E-state index contributed by atoms with van der Waals surface area (Å²) in [6, 6.07) is 19.6. The van der Waals surface area contributed by atoms with Gasteiger partial charge in [0, 0.05) is 41.2 Å². The van der Waals surface area contributed by atoms with E-state index in [0.717, 1.165) is 15.6 Å². The molecule has 0 aliphatic heterocycles. The van der Waals surface area contributed by atoms with Gasteiger partial charge >= 0.3 is 0 Å². The highest BCUT2D eigenvalue weighted by Crippen LogP contribution is 2.33. The Balaban J connectivity index is 1.65. The number of pyridine rings is 1. The van der Waals surface area contributed by atoms with Crippen LogP contribution in [0.4, 0.5) is 0 Å². The molecule has 0 saturated heterocycles. The van der Waals surface area contributed by atoms with Gasteiger partial charge in [0.05, 0.1) is 0 Å². The van der Waals surface area contributed by atoms with Gasteiger partial charge in [0.2, 0.25) is 0 Å². The maximum atomic E-state index is 13.2. The minimum Gasteiger partial charge on any atom is -0.315 e. The zero-order chi connectivity index (χ0) is 20.4. The predicted octanol–water partition coefficient (Wildman–Crippen LogP) is 5.73. The molecule has 148 valence electrons. The molecular formula is C25H24BrNO2. The highest BCUT2D eigenvalue weighted by Gasteiger charge is 2.24. The van der Waals surface area contributed by atoms with E-state index >= 15 is 0 Å². The molecule has 1 aromatic heterocycles. The Bertz CT molecular complexity index is 1080. The van der Waals surface area contributed by atoms with Gasteiger partial charge in [-0.15, -0.1) is 0 Å². The summed E-state index contributed by atoms with van der Waals surface area (Å²) in [4.78, 5) is 25.4. The van der Waals surface area contributed by atoms with Crippen molar-refractivity contribution in [1.82, 2.24) is 4.57 Å². The predicted molar refractivity (Wildman–Crippen MR) is 120 cm³/mol. The zero-order valence-electron chi connectivity index (χ0n) is 16.5. The average molecular weight is 450 g/mol. The minimum atomic E-state index is -0.0307. The van der Waals surface area contributed by atoms with Gasteiger partial charge in [0.15, 0.2) is 5.78 Å². The number of rotatable bonds is 7. The maximum Gasteiger partial charge on any atom is 0.250 e. The number of carbonyl (C=O) groups excluding carboxylic acids is 1. The van der Waals surface area contributed by atoms with Crippen molar-refractivity contribution in [3.63, 3.8) is 0 Å². The lowest BCUT2D eigenvalue weighted by atomic mass is 9.84. The molecular weight excluding hydrogens is 426 g/mol. The fraction of sp³-hybridized carbons (Fsp3) is 0.280. The first-order valence-electron chi connectivity index (χ1n) is 10.1. The number of aromatic nitrogens is 1. The molecule has 0 spiro atoms. The van der Waals surface area contributed by atoms with E-state index in [-0.39, 0.29) is 17.3 Å². The van der Waals surface area contributed by atoms with Crippen LogP contribution in [0.2, 0.25) is 0 Å². The Morgan fingerprint density at radius 2 is 1.79 bits per heavy atom. The van der Waals surface area contributed by atoms with E-state index in [0.29, 0.717) is 24.4 Å². The molecule has 1 aliphatic carbocycles. The third-order valence-electron chi connectivity index (χ3n) is 5.68. The number of nitrogens with zero attached hydrogens (tertiary/aromatic N) is 1. The summed E-state index contributed by atoms with van der Waals surface area (Å²) in [5.41, 5.74) is 4.03. The van der Waals surface area contributed by atoms with E-state index in [4.69, 9.17) is 0 Å². The van der Waals surface area contributed by atoms with Crippen LogP contribution in [0.15, 0.2) is 76.1 Å². The summed E-state index contributed by atoms with van der Waals surface area (Å²) in [7, 11) is 0. The molecule has 0 bridgehead atoms. The monoisotopic (exact) mass is 449 g/mol. The van der Waals surface area contributed by atoms with Crippen molar-refractivity contribution in [3.8, 4) is 0 Å². The van der Waals surface area contributed by atoms with Crippen LogP contribution in [-0.2, 0) is 6.54 Å². The van der Waals surface area contributed by atoms with E-state index in [1.165, 1.54) is 24.5 Å². The quantitative estimate of drug-likeness (QED) is 0.431. The Hall–Kier alpha value is -2.46. The van der Waals surface area contributed by atoms with Crippen LogP contribution in [0.25, 0.3) is 0 Å². The number of ketones is 1. The van der Waals surface area contributed by atoms with Crippen molar-refractivity contribution < 1.29 is 4.79 Å². The Morgan fingerprint density at radius 1 is 1.07 bits per heavy atom. The van der Waals surface area contributed by atoms with Gasteiger partial charge in [-0.25, -0.2) is 0 Å². The SMILES string of the molecule is Cc1ccccc1C(CC(=O)c1ccc(=O)n(CC2CC2)c1)c1ccc(Br)cc1. The van der Waals surface area contributed by atoms with E-state index in [2.05, 4.69) is 47.1 Å². The molecule has 0 radical (unpaired) electrons. The van der Waals surface area contributed by atoms with Crippen LogP contribution in [0.1, 0.15) is 52.2 Å². The summed E-state index contributed by atoms with van der Waals surface area (Å²) in [5, 5.41) is 0. The molecule has 1 fully saturated rings. The van der Waals surface area contributed by atoms with Crippen molar-refractivity contribution >= 4 is 21.7 Å². The summed E-state index contributed by atoms with van der Waals surface area (Å²) < 4.78 is 2.72. The molecule has 3 aromatic rings. The van der Waals surface area contributed by atoms with Crippen molar-refractivity contribution in [2.24, 2.45) is 5.92 Å². The maximum absolute atomic E-state index is 13.2. The van der Waals surface area contributed by atoms with Crippen LogP contribution in [0.3, 0.4) is 0 Å². The van der Waals surface area contributed by atoms with Gasteiger partial charge in [-0.3, -0.25) is 9.59 Å². The Kier molecular flexibility index (Phi) is 5.81. The first-order chi connectivity index (χ1) is 14.0. The van der Waals surface area contributed by atoms with Crippen LogP contribution >= 0.6 is 15.9 Å². The Morgan fingerprint density at radius 3 is 2.48 bits per heavy atom. The second-order valence-corrected chi connectivity index (χ2v) is 8.86. The van der Waals surface area contributed by atoms with Crippen molar-refractivity contribution in [3.05, 3.63) is 104 Å². The smallest absolute Gasteiger partial charge is 0.250 e. The highest BCUT2D eigenvalue weighted by atomic mass is 79.9. The molecule has 1 saturated carbocycles. The van der Waals surface area contributed by atoms with Gasteiger partial charge in [-0.2, -0.15) is 0 Å². The summed E-state index contributed by atoms with van der Waals surface area (Å²) in [5.74, 6) is 0.617. The molecule has 29 heavy (non-hydrogen) atoms. The van der Waals surface area contributed by atoms with Crippen molar-refractivity contribution in [1.29, 1.82) is 0 Å². The van der Waals surface area contributed by atoms with Crippen LogP contribution < -0.4 is 5.56 Å². The number of hydrogen-bond acceptors (Lipinski definition) is 2. The largest absolute Gasteiger partial charge is 0.315 e. The van der Waals surface area contributed by atoms with Crippen molar-refractivity contribution in [2.45, 2.75) is 38.6 Å². The van der Waals surface area contributed by atoms with Crippen LogP contribution in [0.5, 0.6) is 0 Å². The number of aryl methyl sites for hydroxylation is 1. The molecule has 3 nitrogen and oxygen atoms in total. The first kappa shape index (κ1) is 19.8. The van der Waals surface area contributed by atoms with Gasteiger partial charge in [-0.1, -0.05) is 52.3 Å². The summed E-state index contributed by atoms with van der Waals surface area (Å²) in [6.07, 6.45) is 4.46. The first-order valence-corrected chi connectivity index (χ1v) is 10.9. The molecule has 0 N–H and O–H groups in total. The number of halogens is 1. The molecule has 4 rings (SSSR count). The number of benzene rings is 2. The van der Waals surface area contributed by atoms with Crippen molar-refractivity contribution in [2.75, 3.05) is 0 Å². The van der Waals surface area contributed by atoms with E-state index < -0.39 is 0 Å². The molecule has 4 heteroatoms. The van der Waals surface area contributed by atoms with Gasteiger partial charge < -0.3 is 4.57 Å². The Labute approximate surface area is 179 Å². The van der Waals surface area contributed by atoms with E-state index in [9.17, 15) is 9.59 Å². The topological polar surface area (TPSA) is 39.1 Å². The summed E-state index contributed by atoms with van der Waals surface area (Å²) in [6.45, 7) is 2.80. The number of hydrogen-bond donors (Lipinski definition) is 0. The minimum absolute atomic E-state index is 0.0272. The third kappa shape index (κ3) is 4.76. The molecule has 2 aromatic carbocycles. The summed E-state index contributed by atoms with van der Waals surface area (Å²) >= 11 is 3.49. The van der Waals surface area contributed by atoms with Gasteiger partial charge in [0.25, 0.3) is 5.56 Å². The zero-order valence-corrected chi connectivity index (χ0v) is 18.1. The van der Waals surface area contributed by atoms with Gasteiger partial charge in [0.1, 0.15) is 0 Å². The number of Topliss-reactive ketones (excluding diaryl/α,β-unsaturated/α-hetero) is 1. The molecule has 1 unspecified atom stereocenters. The lowest BCUT2D eigenvalue weighted by molar-refractivity contribution is 0.0976. The van der Waals surface area contributed by atoms with E-state index in [1.54, 1.807) is 16.8 Å². The van der Waals surface area contributed by atoms with Gasteiger partial charge in [-0.05, 0) is 60.6 Å². The fourth-order valence-electron chi connectivity index (χ4n) is 3.80. The third-order valence-corrected chi connectivity index (χ3v) is 6.21. The second-order valence-electron chi connectivity index (χ2n) is 7.94. The molecule has 1 heterocycles. The normalized spacial score (nSPS) is 14.6. The number of carbonyl (C=O) groups is 1.